The summed E-state index contributed by atoms with van der Waals surface area (Å²) in [5, 5.41) is 8.70. The van der Waals surface area contributed by atoms with E-state index in [0.29, 0.717) is 6.42 Å². The molecule has 1 heterocycles. The highest BCUT2D eigenvalue weighted by Crippen LogP contribution is 2.22. The van der Waals surface area contributed by atoms with Gasteiger partial charge in [-0.25, -0.2) is 4.79 Å². The third-order valence-electron chi connectivity index (χ3n) is 8.42. The molecule has 234 valence electrons. The first-order chi connectivity index (χ1) is 20.7. The van der Waals surface area contributed by atoms with E-state index in [-0.39, 0.29) is 37.0 Å². The van der Waals surface area contributed by atoms with E-state index in [2.05, 4.69) is 22.9 Å². The molecule has 3 N–H and O–H groups in total. The summed E-state index contributed by atoms with van der Waals surface area (Å²) < 4.78 is 6.05. The Morgan fingerprint density at radius 2 is 1.28 bits per heavy atom. The van der Waals surface area contributed by atoms with Gasteiger partial charge in [-0.05, 0) is 29.4 Å². The van der Waals surface area contributed by atoms with E-state index in [1.807, 2.05) is 81.4 Å². The maximum Gasteiger partial charge on any atom is 0.329 e. The lowest BCUT2D eigenvalue weighted by Crippen LogP contribution is -2.57. The summed E-state index contributed by atoms with van der Waals surface area (Å²) in [6.45, 7) is 7.99. The minimum atomic E-state index is -0.960. The fourth-order valence-corrected chi connectivity index (χ4v) is 5.41. The molecule has 6 atom stereocenters. The summed E-state index contributed by atoms with van der Waals surface area (Å²) in [7, 11) is 0. The summed E-state index contributed by atoms with van der Waals surface area (Å²) in [6, 6.07) is 16.1. The van der Waals surface area contributed by atoms with Gasteiger partial charge in [-0.2, -0.15) is 0 Å². The van der Waals surface area contributed by atoms with Gasteiger partial charge in [-0.3, -0.25) is 14.4 Å². The van der Waals surface area contributed by atoms with Crippen molar-refractivity contribution in [3.8, 4) is 0 Å². The molecule has 2 aromatic carbocycles. The highest BCUT2D eigenvalue weighted by atomic mass is 16.5. The fourth-order valence-electron chi connectivity index (χ4n) is 5.41. The monoisotopic (exact) mass is 591 g/mol. The molecule has 0 saturated carbocycles. The first-order valence-corrected chi connectivity index (χ1v) is 15.9. The van der Waals surface area contributed by atoms with E-state index in [9.17, 15) is 19.2 Å². The van der Waals surface area contributed by atoms with Crippen LogP contribution in [-0.4, -0.2) is 47.9 Å². The molecule has 0 aromatic heterocycles. The van der Waals surface area contributed by atoms with Gasteiger partial charge >= 0.3 is 5.97 Å². The van der Waals surface area contributed by atoms with Crippen LogP contribution in [0.2, 0.25) is 0 Å². The van der Waals surface area contributed by atoms with Crippen molar-refractivity contribution in [1.29, 1.82) is 0 Å². The van der Waals surface area contributed by atoms with Crippen LogP contribution in [0.3, 0.4) is 0 Å². The SMILES string of the molecule is CCCCCCC(C)C1CC(=O)N[C@@H](Cc2ccccc2)C(=O)N[C@@H](Cc2ccccc2)C(=O)NC([C@@H](C)CC)C(=O)O1. The van der Waals surface area contributed by atoms with E-state index in [0.717, 1.165) is 43.2 Å². The van der Waals surface area contributed by atoms with Gasteiger partial charge in [-0.15, -0.1) is 0 Å². The first kappa shape index (κ1) is 33.8. The summed E-state index contributed by atoms with van der Waals surface area (Å²) in [5.74, 6) is -2.12. The average Bonchev–Trinajstić information content (AvgIpc) is 3.01. The van der Waals surface area contributed by atoms with E-state index >= 15 is 0 Å². The molecule has 1 aliphatic heterocycles. The number of benzene rings is 2. The molecule has 1 fully saturated rings. The third-order valence-corrected chi connectivity index (χ3v) is 8.42. The van der Waals surface area contributed by atoms with Crippen LogP contribution >= 0.6 is 0 Å². The van der Waals surface area contributed by atoms with Crippen molar-refractivity contribution in [2.75, 3.05) is 0 Å². The summed E-state index contributed by atoms with van der Waals surface area (Å²) in [5.41, 5.74) is 1.73. The smallest absolute Gasteiger partial charge is 0.329 e. The number of ether oxygens (including phenoxy) is 1. The van der Waals surface area contributed by atoms with Gasteiger partial charge in [0.2, 0.25) is 17.7 Å². The number of carbonyl (C=O) groups excluding carboxylic acids is 4. The van der Waals surface area contributed by atoms with Crippen LogP contribution in [-0.2, 0) is 36.8 Å². The minimum absolute atomic E-state index is 0.0616. The molecule has 3 unspecified atom stereocenters. The molecule has 0 bridgehead atoms. The number of amides is 3. The van der Waals surface area contributed by atoms with Crippen LogP contribution < -0.4 is 16.0 Å². The zero-order valence-electron chi connectivity index (χ0n) is 26.1. The number of nitrogens with one attached hydrogen (secondary N) is 3. The number of hydrogen-bond acceptors (Lipinski definition) is 5. The third kappa shape index (κ3) is 10.8. The van der Waals surface area contributed by atoms with E-state index < -0.39 is 42.0 Å². The molecule has 2 aromatic rings. The van der Waals surface area contributed by atoms with Crippen molar-refractivity contribution in [2.45, 2.75) is 110 Å². The largest absolute Gasteiger partial charge is 0.460 e. The van der Waals surface area contributed by atoms with Gasteiger partial charge in [0.1, 0.15) is 24.2 Å². The Labute approximate surface area is 256 Å². The zero-order valence-corrected chi connectivity index (χ0v) is 26.1. The van der Waals surface area contributed by atoms with E-state index in [1.165, 1.54) is 0 Å². The second-order valence-electron chi connectivity index (χ2n) is 11.9. The van der Waals surface area contributed by atoms with Crippen LogP contribution in [0.5, 0.6) is 0 Å². The molecule has 43 heavy (non-hydrogen) atoms. The normalized spacial score (nSPS) is 23.3. The molecule has 0 spiro atoms. The number of esters is 1. The standard InChI is InChI=1S/C35H49N3O5/c1-5-7-8-11-16-25(4)30-23-31(39)36-28(21-26-17-12-9-13-18-26)33(40)37-29(22-27-19-14-10-15-20-27)34(41)38-32(24(3)6-2)35(42)43-30/h9-10,12-15,17-20,24-25,28-30,32H,5-8,11,16,21-23H2,1-4H3,(H,36,39)(H,37,40)(H,38,41)/t24-,25?,28-,29-,30?,32?/m0/s1. The Kier molecular flexibility index (Phi) is 13.7. The van der Waals surface area contributed by atoms with Crippen molar-refractivity contribution >= 4 is 23.7 Å². The predicted molar refractivity (Wildman–Crippen MR) is 168 cm³/mol. The molecule has 8 nitrogen and oxygen atoms in total. The second-order valence-corrected chi connectivity index (χ2v) is 11.9. The molecular weight excluding hydrogens is 542 g/mol. The molecule has 1 saturated heterocycles. The molecule has 0 aliphatic carbocycles. The topological polar surface area (TPSA) is 114 Å². The van der Waals surface area contributed by atoms with Gasteiger partial charge in [0.15, 0.2) is 0 Å². The van der Waals surface area contributed by atoms with Crippen molar-refractivity contribution in [2.24, 2.45) is 11.8 Å². The first-order valence-electron chi connectivity index (χ1n) is 15.9. The lowest BCUT2D eigenvalue weighted by atomic mass is 9.93. The van der Waals surface area contributed by atoms with Crippen molar-refractivity contribution in [3.05, 3.63) is 71.8 Å². The second kappa shape index (κ2) is 17.4. The predicted octanol–water partition coefficient (Wildman–Crippen LogP) is 4.89. The summed E-state index contributed by atoms with van der Waals surface area (Å²) in [6.07, 6.45) is 5.45. The summed E-state index contributed by atoms with van der Waals surface area (Å²) >= 11 is 0. The lowest BCUT2D eigenvalue weighted by Gasteiger charge is -2.29. The highest BCUT2D eigenvalue weighted by molar-refractivity contribution is 5.94. The molecule has 3 amide bonds. The number of carbonyl (C=O) groups is 4. The highest BCUT2D eigenvalue weighted by Gasteiger charge is 2.36. The quantitative estimate of drug-likeness (QED) is 0.240. The molecule has 3 rings (SSSR count). The van der Waals surface area contributed by atoms with Crippen molar-refractivity contribution in [1.82, 2.24) is 16.0 Å². The minimum Gasteiger partial charge on any atom is -0.460 e. The van der Waals surface area contributed by atoms with Crippen LogP contribution in [0, 0.1) is 11.8 Å². The molecule has 8 heteroatoms. The Hall–Kier alpha value is -3.68. The Morgan fingerprint density at radius 1 is 0.721 bits per heavy atom. The number of hydrogen-bond donors (Lipinski definition) is 3. The van der Waals surface area contributed by atoms with Crippen molar-refractivity contribution < 1.29 is 23.9 Å². The maximum atomic E-state index is 13.8. The van der Waals surface area contributed by atoms with Gasteiger partial charge in [0.05, 0.1) is 6.42 Å². The molecular formula is C35H49N3O5. The van der Waals surface area contributed by atoms with Crippen LogP contribution in [0.25, 0.3) is 0 Å². The number of unbranched alkanes of at least 4 members (excludes halogenated alkanes) is 3. The van der Waals surface area contributed by atoms with Gasteiger partial charge in [0.25, 0.3) is 0 Å². The number of cyclic esters (lactones) is 1. The van der Waals surface area contributed by atoms with Crippen molar-refractivity contribution in [3.63, 3.8) is 0 Å². The van der Waals surface area contributed by atoms with E-state index in [4.69, 9.17) is 4.74 Å². The van der Waals surface area contributed by atoms with Gasteiger partial charge < -0.3 is 20.7 Å². The van der Waals surface area contributed by atoms with Crippen LogP contribution in [0.15, 0.2) is 60.7 Å². The molecule has 1 aliphatic rings. The van der Waals surface area contributed by atoms with Crippen LogP contribution in [0.4, 0.5) is 0 Å². The Bertz CT molecular complexity index is 1170. The Morgan fingerprint density at radius 3 is 1.84 bits per heavy atom. The number of rotatable bonds is 12. The average molecular weight is 592 g/mol. The van der Waals surface area contributed by atoms with E-state index in [1.54, 1.807) is 0 Å². The lowest BCUT2D eigenvalue weighted by molar-refractivity contribution is -0.158. The zero-order chi connectivity index (χ0) is 31.2. The summed E-state index contributed by atoms with van der Waals surface area (Å²) in [4.78, 5) is 54.6. The van der Waals surface area contributed by atoms with Gasteiger partial charge in [0, 0.05) is 12.8 Å². The fraction of sp³-hybridized carbons (Fsp3) is 0.543. The Balaban J connectivity index is 1.96. The van der Waals surface area contributed by atoms with Gasteiger partial charge in [-0.1, -0.05) is 120 Å². The molecule has 0 radical (unpaired) electrons. The van der Waals surface area contributed by atoms with Crippen LogP contribution in [0.1, 0.15) is 83.8 Å². The maximum absolute atomic E-state index is 13.8.